The van der Waals surface area contributed by atoms with Gasteiger partial charge in [0.1, 0.15) is 17.4 Å². The van der Waals surface area contributed by atoms with Crippen LogP contribution in [0.3, 0.4) is 0 Å². The molecule has 0 saturated carbocycles. The van der Waals surface area contributed by atoms with Crippen molar-refractivity contribution in [2.45, 2.75) is 0 Å². The highest BCUT2D eigenvalue weighted by atomic mass is 16.5. The summed E-state index contributed by atoms with van der Waals surface area (Å²) >= 11 is 0. The van der Waals surface area contributed by atoms with Crippen molar-refractivity contribution in [1.29, 1.82) is 5.26 Å². The number of hydrogen-bond acceptors (Lipinski definition) is 5. The van der Waals surface area contributed by atoms with E-state index in [1.807, 2.05) is 78.9 Å². The van der Waals surface area contributed by atoms with E-state index in [0.717, 1.165) is 39.0 Å². The zero-order chi connectivity index (χ0) is 21.2. The molecule has 2 heterocycles. The Kier molecular flexibility index (Phi) is 4.66. The molecule has 4 aromatic rings. The smallest absolute Gasteiger partial charge is 0.151 e. The number of fused-ring (bicyclic) bond motifs is 2. The highest BCUT2D eigenvalue weighted by molar-refractivity contribution is 6.18. The summed E-state index contributed by atoms with van der Waals surface area (Å²) in [5, 5.41) is 15.4. The molecule has 1 aromatic heterocycles. The lowest BCUT2D eigenvalue weighted by atomic mass is 9.98. The number of methoxy groups -OCH3 is 1. The third-order valence-electron chi connectivity index (χ3n) is 5.26. The van der Waals surface area contributed by atoms with Crippen LogP contribution in [0, 0.1) is 11.3 Å². The van der Waals surface area contributed by atoms with Crippen LogP contribution in [-0.4, -0.2) is 17.8 Å². The van der Waals surface area contributed by atoms with Gasteiger partial charge in [0.15, 0.2) is 5.82 Å². The highest BCUT2D eigenvalue weighted by Crippen LogP contribution is 2.34. The van der Waals surface area contributed by atoms with E-state index in [-0.39, 0.29) is 0 Å². The molecule has 1 aliphatic heterocycles. The molecule has 0 radical (unpaired) electrons. The maximum absolute atomic E-state index is 10.1. The van der Waals surface area contributed by atoms with Crippen LogP contribution in [0.15, 0.2) is 95.9 Å². The van der Waals surface area contributed by atoms with Gasteiger partial charge in [-0.3, -0.25) is 4.98 Å². The predicted octanol–water partition coefficient (Wildman–Crippen LogP) is 5.40. The van der Waals surface area contributed by atoms with Crippen LogP contribution in [0.5, 0.6) is 5.75 Å². The second-order valence-electron chi connectivity index (χ2n) is 7.08. The summed E-state index contributed by atoms with van der Waals surface area (Å²) in [4.78, 5) is 9.41. The van der Waals surface area contributed by atoms with Crippen molar-refractivity contribution in [2.24, 2.45) is 4.99 Å². The average molecular weight is 402 g/mol. The summed E-state index contributed by atoms with van der Waals surface area (Å²) in [6.45, 7) is 0. The van der Waals surface area contributed by atoms with E-state index in [2.05, 4.69) is 16.4 Å². The second-order valence-corrected chi connectivity index (χ2v) is 7.08. The first kappa shape index (κ1) is 18.6. The number of pyridine rings is 1. The minimum Gasteiger partial charge on any atom is -0.497 e. The fourth-order valence-corrected chi connectivity index (χ4v) is 3.76. The first-order valence-corrected chi connectivity index (χ1v) is 9.86. The molecule has 3 aromatic carbocycles. The van der Waals surface area contributed by atoms with Crippen LogP contribution in [0.25, 0.3) is 16.3 Å². The fraction of sp³-hybridized carbons (Fsp3) is 0.0385. The number of rotatable bonds is 3. The van der Waals surface area contributed by atoms with Gasteiger partial charge in [-0.05, 0) is 23.6 Å². The number of allylic oxidation sites excluding steroid dienone is 1. The third kappa shape index (κ3) is 3.30. The van der Waals surface area contributed by atoms with Gasteiger partial charge in [0.25, 0.3) is 0 Å². The zero-order valence-electron chi connectivity index (χ0n) is 16.8. The number of nitriles is 1. The second kappa shape index (κ2) is 7.77. The quantitative estimate of drug-likeness (QED) is 0.466. The van der Waals surface area contributed by atoms with Crippen LogP contribution < -0.4 is 10.1 Å². The molecule has 0 atom stereocenters. The molecule has 0 unspecified atom stereocenters. The Balaban J connectivity index is 1.78. The first-order chi connectivity index (χ1) is 15.3. The van der Waals surface area contributed by atoms with E-state index in [0.29, 0.717) is 17.1 Å². The van der Waals surface area contributed by atoms with Gasteiger partial charge in [-0.25, -0.2) is 4.99 Å². The normalized spacial score (nSPS) is 14.1. The Labute approximate surface area is 180 Å². The van der Waals surface area contributed by atoms with Crippen molar-refractivity contribution >= 4 is 27.7 Å². The van der Waals surface area contributed by atoms with Gasteiger partial charge in [0, 0.05) is 28.8 Å². The lowest BCUT2D eigenvalue weighted by Crippen LogP contribution is -2.17. The van der Waals surface area contributed by atoms with Gasteiger partial charge < -0.3 is 10.1 Å². The van der Waals surface area contributed by atoms with Crippen LogP contribution in [-0.2, 0) is 0 Å². The number of aromatic nitrogens is 1. The average Bonchev–Trinajstić information content (AvgIpc) is 2.84. The molecule has 5 heteroatoms. The molecular formula is C26H18N4O. The third-order valence-corrected chi connectivity index (χ3v) is 5.26. The van der Waals surface area contributed by atoms with Crippen LogP contribution in [0.4, 0.5) is 5.69 Å². The Bertz CT molecular complexity index is 1390. The molecular weight excluding hydrogens is 384 g/mol. The van der Waals surface area contributed by atoms with Gasteiger partial charge in [-0.2, -0.15) is 5.26 Å². The predicted molar refractivity (Wildman–Crippen MR) is 123 cm³/mol. The van der Waals surface area contributed by atoms with Gasteiger partial charge >= 0.3 is 0 Å². The fourth-order valence-electron chi connectivity index (χ4n) is 3.76. The molecule has 1 N–H and O–H groups in total. The van der Waals surface area contributed by atoms with E-state index >= 15 is 0 Å². The Hall–Kier alpha value is -4.43. The number of benzene rings is 3. The van der Waals surface area contributed by atoms with E-state index in [9.17, 15) is 5.26 Å². The summed E-state index contributed by atoms with van der Waals surface area (Å²) in [5.41, 5.74) is 4.52. The summed E-state index contributed by atoms with van der Waals surface area (Å²) in [5.74, 6) is 1.19. The van der Waals surface area contributed by atoms with Gasteiger partial charge in [0.2, 0.25) is 0 Å². The van der Waals surface area contributed by atoms with E-state index in [1.165, 1.54) is 0 Å². The molecule has 148 valence electrons. The standard InChI is InChI=1S/C26H18N4O/c1-31-19-11-12-21-23(15-19)29-26(30-24(21)18-8-3-2-4-9-18)22(16-27)25-20-10-6-5-7-17(20)13-14-28-25/h2-15,29H,1H3/b26-22+. The van der Waals surface area contributed by atoms with E-state index in [4.69, 9.17) is 9.73 Å². The number of nitrogens with one attached hydrogen (secondary N) is 1. The van der Waals surface area contributed by atoms with Gasteiger partial charge in [-0.15, -0.1) is 0 Å². The molecule has 5 rings (SSSR count). The minimum atomic E-state index is 0.388. The topological polar surface area (TPSA) is 70.3 Å². The molecule has 0 bridgehead atoms. The van der Waals surface area contributed by atoms with Crippen LogP contribution >= 0.6 is 0 Å². The largest absolute Gasteiger partial charge is 0.497 e. The van der Waals surface area contributed by atoms with Crippen molar-refractivity contribution in [3.8, 4) is 11.8 Å². The maximum atomic E-state index is 10.1. The van der Waals surface area contributed by atoms with Crippen molar-refractivity contribution in [3.63, 3.8) is 0 Å². The number of aliphatic imine (C=N–C) groups is 1. The Morgan fingerprint density at radius 2 is 1.77 bits per heavy atom. The number of nitrogens with zero attached hydrogens (tertiary/aromatic N) is 3. The lowest BCUT2D eigenvalue weighted by Gasteiger charge is -2.22. The molecule has 5 nitrogen and oxygen atoms in total. The van der Waals surface area contributed by atoms with Crippen LogP contribution in [0.2, 0.25) is 0 Å². The molecule has 0 amide bonds. The molecule has 0 aliphatic carbocycles. The SMILES string of the molecule is COc1ccc2c(c1)N/C(=C(/C#N)c1nccc3ccccc13)N=C2c1ccccc1. The summed E-state index contributed by atoms with van der Waals surface area (Å²) in [6.07, 6.45) is 1.72. The summed E-state index contributed by atoms with van der Waals surface area (Å²) in [7, 11) is 1.63. The van der Waals surface area contributed by atoms with Crippen molar-refractivity contribution in [3.05, 3.63) is 108 Å². The van der Waals surface area contributed by atoms with E-state index < -0.39 is 0 Å². The number of hydrogen-bond donors (Lipinski definition) is 1. The van der Waals surface area contributed by atoms with Gasteiger partial charge in [0.05, 0.1) is 24.2 Å². The molecule has 0 saturated heterocycles. The molecule has 31 heavy (non-hydrogen) atoms. The first-order valence-electron chi connectivity index (χ1n) is 9.86. The van der Waals surface area contributed by atoms with Crippen LogP contribution in [0.1, 0.15) is 16.8 Å². The van der Waals surface area contributed by atoms with Gasteiger partial charge in [-0.1, -0.05) is 54.6 Å². The Morgan fingerprint density at radius 1 is 0.968 bits per heavy atom. The number of ether oxygens (including phenoxy) is 1. The monoisotopic (exact) mass is 402 g/mol. The maximum Gasteiger partial charge on any atom is 0.151 e. The van der Waals surface area contributed by atoms with Crippen molar-refractivity contribution in [2.75, 3.05) is 12.4 Å². The summed E-state index contributed by atoms with van der Waals surface area (Å²) < 4.78 is 5.41. The van der Waals surface area contributed by atoms with Crippen molar-refractivity contribution < 1.29 is 4.74 Å². The molecule has 1 aliphatic rings. The highest BCUT2D eigenvalue weighted by Gasteiger charge is 2.23. The Morgan fingerprint density at radius 3 is 2.58 bits per heavy atom. The number of anilines is 1. The zero-order valence-corrected chi connectivity index (χ0v) is 16.8. The van der Waals surface area contributed by atoms with E-state index in [1.54, 1.807) is 13.3 Å². The molecule has 0 spiro atoms. The molecule has 0 fully saturated rings. The lowest BCUT2D eigenvalue weighted by molar-refractivity contribution is 0.415. The summed E-state index contributed by atoms with van der Waals surface area (Å²) in [6, 6.07) is 27.9. The minimum absolute atomic E-state index is 0.388. The van der Waals surface area contributed by atoms with Crippen molar-refractivity contribution in [1.82, 2.24) is 4.98 Å².